The van der Waals surface area contributed by atoms with Crippen LogP contribution in [-0.2, 0) is 6.42 Å². The number of anilines is 3. The quantitative estimate of drug-likeness (QED) is 0.607. The third-order valence-corrected chi connectivity index (χ3v) is 4.09. The van der Waals surface area contributed by atoms with Crippen LogP contribution in [0.2, 0.25) is 5.02 Å². The lowest BCUT2D eigenvalue weighted by molar-refractivity contribution is 0.405. The van der Waals surface area contributed by atoms with Crippen LogP contribution < -0.4 is 20.1 Å². The van der Waals surface area contributed by atoms with Crippen molar-refractivity contribution in [2.45, 2.75) is 6.42 Å². The number of halogens is 1. The molecular weight excluding hydrogens is 366 g/mol. The zero-order chi connectivity index (χ0) is 19.1. The van der Waals surface area contributed by atoms with Crippen LogP contribution >= 0.6 is 11.6 Å². The van der Waals surface area contributed by atoms with E-state index in [9.17, 15) is 0 Å². The van der Waals surface area contributed by atoms with Crippen LogP contribution in [0.3, 0.4) is 0 Å². The maximum absolute atomic E-state index is 5.90. The van der Waals surface area contributed by atoms with Gasteiger partial charge in [0.05, 0.1) is 26.1 Å². The van der Waals surface area contributed by atoms with Crippen molar-refractivity contribution in [2.24, 2.45) is 0 Å². The molecule has 0 aliphatic rings. The Kier molecular flexibility index (Phi) is 6.27. The van der Waals surface area contributed by atoms with E-state index in [0.717, 1.165) is 17.1 Å². The van der Waals surface area contributed by atoms with E-state index < -0.39 is 0 Å². The summed E-state index contributed by atoms with van der Waals surface area (Å²) in [6.07, 6.45) is 2.37. The first-order valence-electron chi connectivity index (χ1n) is 8.35. The predicted molar refractivity (Wildman–Crippen MR) is 106 cm³/mol. The van der Waals surface area contributed by atoms with Crippen molar-refractivity contribution in [3.05, 3.63) is 59.2 Å². The Labute approximate surface area is 162 Å². The monoisotopic (exact) mass is 385 g/mol. The van der Waals surface area contributed by atoms with Crippen molar-refractivity contribution >= 4 is 29.1 Å². The summed E-state index contributed by atoms with van der Waals surface area (Å²) < 4.78 is 10.6. The number of methoxy groups -OCH3 is 2. The second-order valence-corrected chi connectivity index (χ2v) is 6.10. The number of ether oxygens (including phenoxy) is 2. The molecule has 3 aromatic rings. The van der Waals surface area contributed by atoms with Crippen LogP contribution in [0.5, 0.6) is 11.5 Å². The molecular formula is C19H20ClN5O2. The Morgan fingerprint density at radius 1 is 1.04 bits per heavy atom. The molecule has 140 valence electrons. The molecule has 27 heavy (non-hydrogen) atoms. The van der Waals surface area contributed by atoms with Crippen molar-refractivity contribution in [2.75, 3.05) is 31.4 Å². The third-order valence-electron chi connectivity index (χ3n) is 3.84. The van der Waals surface area contributed by atoms with Crippen LogP contribution in [-0.4, -0.2) is 35.9 Å². The summed E-state index contributed by atoms with van der Waals surface area (Å²) in [5.41, 5.74) is 1.90. The smallest absolute Gasteiger partial charge is 0.244 e. The zero-order valence-electron chi connectivity index (χ0n) is 15.1. The summed E-state index contributed by atoms with van der Waals surface area (Å²) in [7, 11) is 3.22. The molecule has 2 N–H and O–H groups in total. The predicted octanol–water partition coefficient (Wildman–Crippen LogP) is 3.94. The second-order valence-electron chi connectivity index (χ2n) is 5.66. The van der Waals surface area contributed by atoms with Crippen molar-refractivity contribution < 1.29 is 9.47 Å². The van der Waals surface area contributed by atoms with E-state index in [1.165, 1.54) is 5.56 Å². The van der Waals surface area contributed by atoms with Gasteiger partial charge in [0.15, 0.2) is 5.82 Å². The van der Waals surface area contributed by atoms with Crippen molar-refractivity contribution in [3.8, 4) is 11.5 Å². The molecule has 1 heterocycles. The summed E-state index contributed by atoms with van der Waals surface area (Å²) in [6.45, 7) is 0.676. The van der Waals surface area contributed by atoms with Gasteiger partial charge in [0.2, 0.25) is 5.95 Å². The Morgan fingerprint density at radius 2 is 1.85 bits per heavy atom. The molecule has 7 nitrogen and oxygen atoms in total. The fraction of sp³-hybridized carbons (Fsp3) is 0.211. The molecule has 0 aliphatic heterocycles. The highest BCUT2D eigenvalue weighted by molar-refractivity contribution is 6.30. The lowest BCUT2D eigenvalue weighted by Gasteiger charge is -2.12. The van der Waals surface area contributed by atoms with Gasteiger partial charge < -0.3 is 20.1 Å². The van der Waals surface area contributed by atoms with Gasteiger partial charge >= 0.3 is 0 Å². The van der Waals surface area contributed by atoms with E-state index in [0.29, 0.717) is 29.8 Å². The SMILES string of the molecule is COc1ccc(OC)c(Nc2cnnc(NCCc3ccc(Cl)cc3)n2)c1. The van der Waals surface area contributed by atoms with E-state index >= 15 is 0 Å². The zero-order valence-corrected chi connectivity index (χ0v) is 15.8. The minimum absolute atomic E-state index is 0.441. The van der Waals surface area contributed by atoms with Gasteiger partial charge in [0, 0.05) is 17.6 Å². The summed E-state index contributed by atoms with van der Waals surface area (Å²) >= 11 is 5.90. The first kappa shape index (κ1) is 18.7. The van der Waals surface area contributed by atoms with Gasteiger partial charge in [0.1, 0.15) is 11.5 Å². The molecule has 2 aromatic carbocycles. The number of hydrogen-bond acceptors (Lipinski definition) is 7. The van der Waals surface area contributed by atoms with Crippen molar-refractivity contribution in [1.29, 1.82) is 0 Å². The molecule has 0 fully saturated rings. The average Bonchev–Trinajstić information content (AvgIpc) is 2.70. The first-order chi connectivity index (χ1) is 13.2. The van der Waals surface area contributed by atoms with Crippen LogP contribution in [0, 0.1) is 0 Å². The molecule has 0 atom stereocenters. The van der Waals surface area contributed by atoms with Gasteiger partial charge in [-0.15, -0.1) is 5.10 Å². The van der Waals surface area contributed by atoms with Gasteiger partial charge in [0.25, 0.3) is 0 Å². The lowest BCUT2D eigenvalue weighted by Crippen LogP contribution is -2.09. The molecule has 8 heteroatoms. The average molecular weight is 386 g/mol. The minimum atomic E-state index is 0.441. The molecule has 3 rings (SSSR count). The van der Waals surface area contributed by atoms with E-state index in [1.807, 2.05) is 42.5 Å². The van der Waals surface area contributed by atoms with Crippen LogP contribution in [0.15, 0.2) is 48.7 Å². The van der Waals surface area contributed by atoms with E-state index in [-0.39, 0.29) is 0 Å². The third kappa shape index (κ3) is 5.21. The van der Waals surface area contributed by atoms with Gasteiger partial charge in [-0.25, -0.2) is 0 Å². The standard InChI is InChI=1S/C19H20ClN5O2/c1-26-15-7-8-17(27-2)16(11-15)23-18-12-22-25-19(24-18)21-10-9-13-3-5-14(20)6-4-13/h3-8,11-12H,9-10H2,1-2H3,(H2,21,23,24,25). The number of nitrogens with zero attached hydrogens (tertiary/aromatic N) is 3. The number of aromatic nitrogens is 3. The highest BCUT2D eigenvalue weighted by atomic mass is 35.5. The molecule has 0 bridgehead atoms. The van der Waals surface area contributed by atoms with Crippen LogP contribution in [0.25, 0.3) is 0 Å². The lowest BCUT2D eigenvalue weighted by atomic mass is 10.1. The molecule has 0 saturated carbocycles. The molecule has 1 aromatic heterocycles. The minimum Gasteiger partial charge on any atom is -0.497 e. The Hall–Kier alpha value is -3.06. The van der Waals surface area contributed by atoms with Gasteiger partial charge in [-0.3, -0.25) is 0 Å². The number of rotatable bonds is 8. The van der Waals surface area contributed by atoms with Crippen molar-refractivity contribution in [3.63, 3.8) is 0 Å². The normalized spacial score (nSPS) is 10.3. The summed E-state index contributed by atoms with van der Waals surface area (Å²) in [4.78, 5) is 4.43. The molecule has 0 saturated heterocycles. The number of benzene rings is 2. The van der Waals surface area contributed by atoms with Gasteiger partial charge in [-0.2, -0.15) is 10.1 Å². The van der Waals surface area contributed by atoms with E-state index in [1.54, 1.807) is 20.4 Å². The number of nitrogens with one attached hydrogen (secondary N) is 2. The second kappa shape index (κ2) is 9.05. The molecule has 0 unspecified atom stereocenters. The van der Waals surface area contributed by atoms with E-state index in [2.05, 4.69) is 25.8 Å². The Morgan fingerprint density at radius 3 is 2.59 bits per heavy atom. The topological polar surface area (TPSA) is 81.2 Å². The van der Waals surface area contributed by atoms with Gasteiger partial charge in [-0.05, 0) is 36.2 Å². The van der Waals surface area contributed by atoms with Gasteiger partial charge in [-0.1, -0.05) is 23.7 Å². The molecule has 0 amide bonds. The van der Waals surface area contributed by atoms with Crippen LogP contribution in [0.1, 0.15) is 5.56 Å². The van der Waals surface area contributed by atoms with Crippen LogP contribution in [0.4, 0.5) is 17.5 Å². The molecule has 0 aliphatic carbocycles. The highest BCUT2D eigenvalue weighted by Gasteiger charge is 2.07. The summed E-state index contributed by atoms with van der Waals surface area (Å²) in [6, 6.07) is 13.2. The maximum Gasteiger partial charge on any atom is 0.244 e. The summed E-state index contributed by atoms with van der Waals surface area (Å²) in [5.74, 6) is 2.37. The molecule has 0 radical (unpaired) electrons. The Bertz CT molecular complexity index is 890. The molecule has 0 spiro atoms. The van der Waals surface area contributed by atoms with E-state index in [4.69, 9.17) is 21.1 Å². The fourth-order valence-corrected chi connectivity index (χ4v) is 2.58. The highest BCUT2D eigenvalue weighted by Crippen LogP contribution is 2.30. The maximum atomic E-state index is 5.90. The summed E-state index contributed by atoms with van der Waals surface area (Å²) in [5, 5.41) is 15.1. The first-order valence-corrected chi connectivity index (χ1v) is 8.73. The Balaban J connectivity index is 1.64. The fourth-order valence-electron chi connectivity index (χ4n) is 2.46. The largest absolute Gasteiger partial charge is 0.497 e. The van der Waals surface area contributed by atoms with Crippen molar-refractivity contribution in [1.82, 2.24) is 15.2 Å². The number of hydrogen-bond donors (Lipinski definition) is 2.